The number of carbonyl (C=O) groups excluding carboxylic acids is 1. The molecular formula is C19H19N3O4S2. The highest BCUT2D eigenvalue weighted by molar-refractivity contribution is 7.94. The molecule has 1 aromatic carbocycles. The van der Waals surface area contributed by atoms with Crippen LogP contribution in [0, 0.1) is 0 Å². The number of rotatable bonds is 5. The van der Waals surface area contributed by atoms with E-state index in [0.717, 1.165) is 47.4 Å². The number of ether oxygens (including phenoxy) is 1. The molecule has 0 spiro atoms. The van der Waals surface area contributed by atoms with Crippen LogP contribution < -0.4 is 4.72 Å². The van der Waals surface area contributed by atoms with Crippen LogP contribution in [0.4, 0.5) is 5.69 Å². The largest absolute Gasteiger partial charge is 0.465 e. The molecule has 3 aromatic rings. The second kappa shape index (κ2) is 7.40. The first-order valence-corrected chi connectivity index (χ1v) is 11.2. The molecule has 7 nitrogen and oxygen atoms in total. The predicted octanol–water partition coefficient (Wildman–Crippen LogP) is 3.53. The molecule has 2 heterocycles. The Hall–Kier alpha value is -2.65. The number of methoxy groups -OCH3 is 1. The number of hydrogen-bond acceptors (Lipinski definition) is 6. The maximum absolute atomic E-state index is 13.0. The van der Waals surface area contributed by atoms with E-state index >= 15 is 0 Å². The highest BCUT2D eigenvalue weighted by atomic mass is 32.2. The Morgan fingerprint density at radius 3 is 2.96 bits per heavy atom. The number of anilines is 1. The number of H-pyrrole nitrogens is 1. The minimum atomic E-state index is -3.91. The van der Waals surface area contributed by atoms with Gasteiger partial charge in [-0.2, -0.15) is 0 Å². The van der Waals surface area contributed by atoms with Gasteiger partial charge < -0.3 is 9.72 Å². The highest BCUT2D eigenvalue weighted by Crippen LogP contribution is 2.39. The highest BCUT2D eigenvalue weighted by Gasteiger charge is 2.28. The molecule has 0 amide bonds. The zero-order valence-electron chi connectivity index (χ0n) is 15.1. The topological polar surface area (TPSA) is 101 Å². The maximum Gasteiger partial charge on any atom is 0.340 e. The van der Waals surface area contributed by atoms with Crippen molar-refractivity contribution in [2.45, 2.75) is 29.4 Å². The summed E-state index contributed by atoms with van der Waals surface area (Å²) in [6.45, 7) is 0. The molecule has 2 aromatic heterocycles. The minimum Gasteiger partial charge on any atom is -0.465 e. The summed E-state index contributed by atoms with van der Waals surface area (Å²) in [7, 11) is -2.68. The first kappa shape index (κ1) is 18.7. The summed E-state index contributed by atoms with van der Waals surface area (Å²) in [6, 6.07) is 7.10. The lowest BCUT2D eigenvalue weighted by Gasteiger charge is -2.26. The molecule has 0 fully saturated rings. The molecule has 2 N–H and O–H groups in total. The normalized spacial score (nSPS) is 16.4. The monoisotopic (exact) mass is 417 g/mol. The zero-order chi connectivity index (χ0) is 19.7. The van der Waals surface area contributed by atoms with Gasteiger partial charge >= 0.3 is 5.97 Å². The summed E-state index contributed by atoms with van der Waals surface area (Å²) in [4.78, 5) is 19.2. The number of thiophene rings is 1. The number of nitrogens with zero attached hydrogens (tertiary/aromatic N) is 1. The number of nitrogens with one attached hydrogen (secondary N) is 2. The van der Waals surface area contributed by atoms with E-state index in [4.69, 9.17) is 4.74 Å². The molecule has 0 saturated heterocycles. The lowest BCUT2D eigenvalue weighted by atomic mass is 9.80. The number of aromatic nitrogens is 2. The predicted molar refractivity (Wildman–Crippen MR) is 106 cm³/mol. The van der Waals surface area contributed by atoms with E-state index in [0.29, 0.717) is 5.69 Å². The van der Waals surface area contributed by atoms with Crippen molar-refractivity contribution in [2.75, 3.05) is 11.8 Å². The third-order valence-corrected chi connectivity index (χ3v) is 7.78. The molecule has 0 bridgehead atoms. The van der Waals surface area contributed by atoms with Crippen LogP contribution in [0.1, 0.15) is 45.9 Å². The maximum atomic E-state index is 13.0. The molecule has 0 saturated carbocycles. The van der Waals surface area contributed by atoms with Crippen molar-refractivity contribution in [3.05, 3.63) is 64.6 Å². The van der Waals surface area contributed by atoms with Crippen LogP contribution in [-0.4, -0.2) is 31.5 Å². The lowest BCUT2D eigenvalue weighted by Crippen LogP contribution is -2.19. The van der Waals surface area contributed by atoms with Gasteiger partial charge in [0.1, 0.15) is 0 Å². The minimum absolute atomic E-state index is 0.0418. The number of benzene rings is 1. The summed E-state index contributed by atoms with van der Waals surface area (Å²) < 4.78 is 33.3. The van der Waals surface area contributed by atoms with Crippen LogP contribution in [0.15, 0.2) is 46.4 Å². The molecule has 0 radical (unpaired) electrons. The second-order valence-corrected chi connectivity index (χ2v) is 9.34. The average molecular weight is 418 g/mol. The number of sulfonamides is 1. The molecule has 0 aliphatic heterocycles. The van der Waals surface area contributed by atoms with E-state index < -0.39 is 16.0 Å². The number of esters is 1. The summed E-state index contributed by atoms with van der Waals surface area (Å²) in [6.07, 6.45) is 6.17. The van der Waals surface area contributed by atoms with Crippen LogP contribution in [0.5, 0.6) is 0 Å². The van der Waals surface area contributed by atoms with Crippen molar-refractivity contribution in [1.29, 1.82) is 0 Å². The summed E-state index contributed by atoms with van der Waals surface area (Å²) >= 11 is 0.991. The number of carbonyl (C=O) groups is 1. The Morgan fingerprint density at radius 1 is 1.36 bits per heavy atom. The number of imidazole rings is 1. The van der Waals surface area contributed by atoms with Gasteiger partial charge in [0, 0.05) is 17.8 Å². The van der Waals surface area contributed by atoms with Gasteiger partial charge in [-0.05, 0) is 47.9 Å². The molecule has 146 valence electrons. The first-order valence-electron chi connectivity index (χ1n) is 8.80. The standard InChI is InChI=1S/C19H19N3O4S2/c1-26-18(23)15-8-9-27-19(15)28(24,25)22-16-7-3-4-12-13(16)5-2-6-14(12)17-10-20-11-21-17/h3-4,7-11,14,22H,2,5-6H2,1H3,(H,20,21). The van der Waals surface area contributed by atoms with Crippen molar-refractivity contribution >= 4 is 33.0 Å². The van der Waals surface area contributed by atoms with Gasteiger partial charge in [-0.25, -0.2) is 18.2 Å². The summed E-state index contributed by atoms with van der Waals surface area (Å²) in [5, 5.41) is 1.57. The van der Waals surface area contributed by atoms with E-state index in [2.05, 4.69) is 14.7 Å². The molecule has 1 aliphatic rings. The van der Waals surface area contributed by atoms with Gasteiger partial charge in [0.2, 0.25) is 0 Å². The average Bonchev–Trinajstić information content (AvgIpc) is 3.39. The van der Waals surface area contributed by atoms with E-state index in [1.807, 2.05) is 18.3 Å². The number of fused-ring (bicyclic) bond motifs is 1. The Labute approximate surface area is 166 Å². The van der Waals surface area contributed by atoms with Crippen LogP contribution >= 0.6 is 11.3 Å². The van der Waals surface area contributed by atoms with Gasteiger partial charge in [-0.15, -0.1) is 11.3 Å². The fourth-order valence-electron chi connectivity index (χ4n) is 3.68. The Kier molecular flexibility index (Phi) is 4.94. The van der Waals surface area contributed by atoms with Crippen molar-refractivity contribution in [3.8, 4) is 0 Å². The van der Waals surface area contributed by atoms with Crippen LogP contribution in [0.2, 0.25) is 0 Å². The van der Waals surface area contributed by atoms with E-state index in [9.17, 15) is 13.2 Å². The quantitative estimate of drug-likeness (QED) is 0.619. The fraction of sp³-hybridized carbons (Fsp3) is 0.263. The van der Waals surface area contributed by atoms with Crippen molar-refractivity contribution < 1.29 is 17.9 Å². The van der Waals surface area contributed by atoms with E-state index in [1.165, 1.54) is 13.2 Å². The molecule has 9 heteroatoms. The van der Waals surface area contributed by atoms with Gasteiger partial charge in [0.15, 0.2) is 4.21 Å². The van der Waals surface area contributed by atoms with Crippen LogP contribution in [0.3, 0.4) is 0 Å². The van der Waals surface area contributed by atoms with Gasteiger partial charge in [0.25, 0.3) is 10.0 Å². The number of aromatic amines is 1. The first-order chi connectivity index (χ1) is 13.5. The van der Waals surface area contributed by atoms with Crippen molar-refractivity contribution in [1.82, 2.24) is 9.97 Å². The fourth-order valence-corrected chi connectivity index (χ4v) is 6.10. The molecule has 1 aliphatic carbocycles. The third-order valence-electron chi connectivity index (χ3n) is 4.93. The summed E-state index contributed by atoms with van der Waals surface area (Å²) in [5.74, 6) is -0.515. The molecule has 28 heavy (non-hydrogen) atoms. The van der Waals surface area contributed by atoms with E-state index in [-0.39, 0.29) is 15.7 Å². The zero-order valence-corrected chi connectivity index (χ0v) is 16.8. The SMILES string of the molecule is COC(=O)c1ccsc1S(=O)(=O)Nc1cccc2c1CCCC2c1cnc[nH]1. The van der Waals surface area contributed by atoms with Gasteiger partial charge in [0.05, 0.1) is 24.7 Å². The van der Waals surface area contributed by atoms with Gasteiger partial charge in [-0.3, -0.25) is 4.72 Å². The smallest absolute Gasteiger partial charge is 0.340 e. The molecule has 1 atom stereocenters. The Bertz CT molecular complexity index is 1100. The van der Waals surface area contributed by atoms with Crippen LogP contribution in [0.25, 0.3) is 0 Å². The molecule has 1 unspecified atom stereocenters. The van der Waals surface area contributed by atoms with Crippen LogP contribution in [-0.2, 0) is 21.2 Å². The summed E-state index contributed by atoms with van der Waals surface area (Å²) in [5.41, 5.74) is 3.68. The van der Waals surface area contributed by atoms with Crippen molar-refractivity contribution in [3.63, 3.8) is 0 Å². The lowest BCUT2D eigenvalue weighted by molar-refractivity contribution is 0.0597. The molecular weight excluding hydrogens is 398 g/mol. The van der Waals surface area contributed by atoms with Crippen molar-refractivity contribution in [2.24, 2.45) is 0 Å². The molecule has 4 rings (SSSR count). The second-order valence-electron chi connectivity index (χ2n) is 6.54. The third kappa shape index (κ3) is 3.31. The Balaban J connectivity index is 1.71. The van der Waals surface area contributed by atoms with Gasteiger partial charge in [-0.1, -0.05) is 12.1 Å². The Morgan fingerprint density at radius 2 is 2.21 bits per heavy atom. The number of hydrogen-bond donors (Lipinski definition) is 2. The van der Waals surface area contributed by atoms with E-state index in [1.54, 1.807) is 17.8 Å².